The van der Waals surface area contributed by atoms with Crippen LogP contribution in [0.25, 0.3) is 0 Å². The second-order valence-electron chi connectivity index (χ2n) is 5.16. The lowest BCUT2D eigenvalue weighted by atomic mass is 9.89. The van der Waals surface area contributed by atoms with E-state index >= 15 is 0 Å². The van der Waals surface area contributed by atoms with E-state index in [-0.39, 0.29) is 0 Å². The molecule has 1 aliphatic heterocycles. The highest BCUT2D eigenvalue weighted by molar-refractivity contribution is 5.88. The lowest BCUT2D eigenvalue weighted by Crippen LogP contribution is -2.63. The Morgan fingerprint density at radius 3 is 2.09 bits per heavy atom. The van der Waals surface area contributed by atoms with Gasteiger partial charge < -0.3 is 50.7 Å². The smallest absolute Gasteiger partial charge is 0.195 e. The monoisotopic (exact) mass is 343 g/mol. The number of ether oxygens (including phenoxy) is 1. The lowest BCUT2D eigenvalue weighted by molar-refractivity contribution is -0.248. The lowest BCUT2D eigenvalue weighted by Gasteiger charge is -2.41. The first-order valence-corrected chi connectivity index (χ1v) is 6.72. The number of hydrogen-bond acceptors (Lipinski definition) is 11. The van der Waals surface area contributed by atoms with Crippen molar-refractivity contribution in [2.24, 2.45) is 0 Å². The first-order valence-electron chi connectivity index (χ1n) is 7.22. The third kappa shape index (κ3) is 4.22. The van der Waals surface area contributed by atoms with E-state index in [2.05, 4.69) is 0 Å². The molecular weight excluding hydrogens is 320 g/mol. The van der Waals surface area contributed by atoms with Crippen molar-refractivity contribution in [3.8, 4) is 0 Å². The van der Waals surface area contributed by atoms with Crippen LogP contribution in [0.15, 0.2) is 0 Å². The molecule has 11 heteroatoms. The Morgan fingerprint density at radius 2 is 1.61 bits per heavy atom. The zero-order valence-electron chi connectivity index (χ0n) is 12.9. The predicted molar refractivity (Wildman–Crippen MR) is 69.9 cm³/mol. The van der Waals surface area contributed by atoms with Gasteiger partial charge in [-0.2, -0.15) is 0 Å². The minimum absolute atomic E-state index is 0.916. The Labute approximate surface area is 132 Å². The van der Waals surface area contributed by atoms with Gasteiger partial charge in [-0.3, -0.25) is 4.79 Å². The van der Waals surface area contributed by atoms with Gasteiger partial charge in [0.2, 0.25) is 0 Å². The quantitative estimate of drug-likeness (QED) is 0.212. The van der Waals surface area contributed by atoms with Crippen molar-refractivity contribution >= 4 is 5.78 Å². The molecule has 0 amide bonds. The predicted octanol–water partition coefficient (Wildman–Crippen LogP) is -6.17. The normalized spacial score (nSPS) is 40.8. The molecular formula is C12H22O11. The van der Waals surface area contributed by atoms with E-state index in [1.807, 2.05) is 0 Å². The molecule has 136 valence electrons. The maximum atomic E-state index is 12.0. The molecule has 0 aromatic heterocycles. The zero-order valence-corrected chi connectivity index (χ0v) is 11.9. The van der Waals surface area contributed by atoms with Gasteiger partial charge in [0, 0.05) is 0 Å². The van der Waals surface area contributed by atoms with Crippen molar-refractivity contribution in [3.05, 3.63) is 0 Å². The topological polar surface area (TPSA) is 208 Å². The van der Waals surface area contributed by atoms with Gasteiger partial charge in [0.05, 0.1) is 14.6 Å². The van der Waals surface area contributed by atoms with Gasteiger partial charge in [0.25, 0.3) is 0 Å². The zero-order chi connectivity index (χ0) is 18.8. The number of carbonyl (C=O) groups is 1. The summed E-state index contributed by atoms with van der Waals surface area (Å²) in [7, 11) is 0. The summed E-state index contributed by atoms with van der Waals surface area (Å²) in [5.74, 6) is -1.65. The molecule has 0 aromatic carbocycles. The van der Waals surface area contributed by atoms with E-state index in [0.29, 0.717) is 0 Å². The minimum Gasteiger partial charge on any atom is -0.394 e. The number of carbonyl (C=O) groups excluding carboxylic acids is 1. The SMILES string of the molecule is [2H]C1(C(O)C(=O)[C@H](O)[C@H](O)[C@H](O)CO)O[C@H](CO)[C@@H](O)[C@H](O)[C@H]1O. The average Bonchev–Trinajstić information content (AvgIpc) is 2.59. The van der Waals surface area contributed by atoms with Gasteiger partial charge in [0.1, 0.15) is 54.9 Å². The molecule has 11 nitrogen and oxygen atoms in total. The molecule has 1 rings (SSSR count). The molecule has 0 spiro atoms. The van der Waals surface area contributed by atoms with Gasteiger partial charge in [-0.25, -0.2) is 0 Å². The fourth-order valence-electron chi connectivity index (χ4n) is 2.05. The molecule has 0 bridgehead atoms. The van der Waals surface area contributed by atoms with E-state index in [1.165, 1.54) is 0 Å². The largest absolute Gasteiger partial charge is 0.394 e. The Hall–Kier alpha value is -0.730. The maximum absolute atomic E-state index is 12.0. The summed E-state index contributed by atoms with van der Waals surface area (Å²) in [4.78, 5) is 12.0. The third-order valence-corrected chi connectivity index (χ3v) is 3.55. The van der Waals surface area contributed by atoms with Crippen molar-refractivity contribution in [2.75, 3.05) is 13.2 Å². The van der Waals surface area contributed by atoms with Crippen LogP contribution >= 0.6 is 0 Å². The van der Waals surface area contributed by atoms with Crippen LogP contribution in [0.4, 0.5) is 0 Å². The fourth-order valence-corrected chi connectivity index (χ4v) is 2.05. The molecule has 9 atom stereocenters. The molecule has 1 heterocycles. The molecule has 0 aromatic rings. The Bertz CT molecular complexity index is 435. The second-order valence-corrected chi connectivity index (χ2v) is 5.16. The molecule has 0 saturated carbocycles. The van der Waals surface area contributed by atoms with Crippen molar-refractivity contribution in [2.45, 2.75) is 54.9 Å². The summed E-state index contributed by atoms with van der Waals surface area (Å²) < 4.78 is 12.7. The molecule has 9 N–H and O–H groups in total. The second kappa shape index (κ2) is 8.39. The molecule has 1 aliphatic rings. The Morgan fingerprint density at radius 1 is 1.04 bits per heavy atom. The summed E-state index contributed by atoms with van der Waals surface area (Å²) in [5, 5.41) is 85.0. The van der Waals surface area contributed by atoms with E-state index < -0.39 is 73.9 Å². The van der Waals surface area contributed by atoms with Gasteiger partial charge in [0.15, 0.2) is 5.78 Å². The van der Waals surface area contributed by atoms with E-state index in [4.69, 9.17) is 16.3 Å². The summed E-state index contributed by atoms with van der Waals surface area (Å²) in [6.07, 6.45) is -20.0. The summed E-state index contributed by atoms with van der Waals surface area (Å²) in [5.41, 5.74) is 0. The van der Waals surface area contributed by atoms with Gasteiger partial charge in [-0.05, 0) is 0 Å². The van der Waals surface area contributed by atoms with Crippen LogP contribution in [-0.2, 0) is 9.53 Å². The number of ketones is 1. The number of rotatable bonds is 7. The van der Waals surface area contributed by atoms with Crippen LogP contribution in [0.5, 0.6) is 0 Å². The summed E-state index contributed by atoms with van der Waals surface area (Å²) in [6.45, 7) is -1.93. The number of aliphatic hydroxyl groups is 9. The number of aliphatic hydroxyl groups excluding tert-OH is 9. The molecule has 1 saturated heterocycles. The molecule has 2 unspecified atom stereocenters. The first kappa shape index (κ1) is 18.6. The highest BCUT2D eigenvalue weighted by atomic mass is 16.6. The van der Waals surface area contributed by atoms with Gasteiger partial charge >= 0.3 is 0 Å². The molecule has 1 fully saturated rings. The Balaban J connectivity index is 3.02. The van der Waals surface area contributed by atoms with Gasteiger partial charge in [-0.15, -0.1) is 0 Å². The van der Waals surface area contributed by atoms with Crippen molar-refractivity contribution in [1.29, 1.82) is 0 Å². The fraction of sp³-hybridized carbons (Fsp3) is 0.917. The van der Waals surface area contributed by atoms with E-state index in [1.54, 1.807) is 0 Å². The highest BCUT2D eigenvalue weighted by Gasteiger charge is 2.49. The standard InChI is InChI=1S/C12H22O11/c13-1-3(15)5(16)7(18)9(20)11(22)12-10(21)8(19)6(17)4(2-14)23-12/h3-8,10-19,21-22H,1-2H2/t3-,4-,5-,6-,7-,8+,10-,11?,12?/m1/s1/i12D. The average molecular weight is 343 g/mol. The van der Waals surface area contributed by atoms with Crippen LogP contribution in [0.2, 0.25) is 0 Å². The maximum Gasteiger partial charge on any atom is 0.195 e. The summed E-state index contributed by atoms with van der Waals surface area (Å²) in [6, 6.07) is 0. The van der Waals surface area contributed by atoms with Gasteiger partial charge in [-0.1, -0.05) is 0 Å². The number of hydrogen-bond donors (Lipinski definition) is 9. The van der Waals surface area contributed by atoms with Crippen LogP contribution in [0.1, 0.15) is 1.37 Å². The van der Waals surface area contributed by atoms with Crippen LogP contribution in [0, 0.1) is 0 Å². The third-order valence-electron chi connectivity index (χ3n) is 3.55. The van der Waals surface area contributed by atoms with Crippen LogP contribution in [-0.4, -0.2) is 120 Å². The molecule has 23 heavy (non-hydrogen) atoms. The van der Waals surface area contributed by atoms with Crippen LogP contribution in [0.3, 0.4) is 0 Å². The van der Waals surface area contributed by atoms with Crippen molar-refractivity contribution < 1.29 is 56.9 Å². The minimum atomic E-state index is -2.98. The Kier molecular flexibility index (Phi) is 6.79. The van der Waals surface area contributed by atoms with Crippen molar-refractivity contribution in [3.63, 3.8) is 0 Å². The number of Topliss-reactive ketones (excluding diaryl/α,β-unsaturated/α-hetero) is 1. The van der Waals surface area contributed by atoms with E-state index in [9.17, 15) is 40.5 Å². The molecule has 0 radical (unpaired) electrons. The molecule has 0 aliphatic carbocycles. The highest BCUT2D eigenvalue weighted by Crippen LogP contribution is 2.24. The van der Waals surface area contributed by atoms with E-state index in [0.717, 1.165) is 0 Å². The summed E-state index contributed by atoms with van der Waals surface area (Å²) >= 11 is 0. The van der Waals surface area contributed by atoms with Crippen molar-refractivity contribution in [1.82, 2.24) is 0 Å². The van der Waals surface area contributed by atoms with Crippen LogP contribution < -0.4 is 0 Å². The first-order chi connectivity index (χ1) is 11.0.